The zero-order valence-corrected chi connectivity index (χ0v) is 9.90. The Balaban J connectivity index is 2.07. The van der Waals surface area contributed by atoms with E-state index in [1.165, 1.54) is 0 Å². The van der Waals surface area contributed by atoms with Crippen LogP contribution in [-0.4, -0.2) is 20.7 Å². The molecule has 2 rings (SSSR count). The van der Waals surface area contributed by atoms with Gasteiger partial charge in [0, 0.05) is 0 Å². The van der Waals surface area contributed by atoms with Gasteiger partial charge in [-0.2, -0.15) is 0 Å². The number of hydrogen-bond donors (Lipinski definition) is 1. The van der Waals surface area contributed by atoms with Crippen LogP contribution >= 0.6 is 11.5 Å². The van der Waals surface area contributed by atoms with Gasteiger partial charge in [0.15, 0.2) is 4.88 Å². The number of aromatic nitrogens is 2. The van der Waals surface area contributed by atoms with E-state index in [9.17, 15) is 4.79 Å². The van der Waals surface area contributed by atoms with Gasteiger partial charge >= 0.3 is 5.97 Å². The van der Waals surface area contributed by atoms with Crippen molar-refractivity contribution in [2.24, 2.45) is 0 Å². The van der Waals surface area contributed by atoms with Gasteiger partial charge in [-0.1, -0.05) is 16.6 Å². The minimum Gasteiger partial charge on any atom is -0.487 e. The molecule has 0 bridgehead atoms. The van der Waals surface area contributed by atoms with E-state index < -0.39 is 5.97 Å². The fourth-order valence-corrected chi connectivity index (χ4v) is 1.83. The second kappa shape index (κ2) is 4.92. The zero-order valence-electron chi connectivity index (χ0n) is 9.08. The Morgan fingerprint density at radius 1 is 1.53 bits per heavy atom. The van der Waals surface area contributed by atoms with Crippen molar-refractivity contribution in [1.82, 2.24) is 9.59 Å². The maximum absolute atomic E-state index is 10.8. The maximum atomic E-state index is 10.8. The van der Waals surface area contributed by atoms with E-state index in [0.29, 0.717) is 11.4 Å². The third kappa shape index (κ3) is 2.79. The lowest BCUT2D eigenvalue weighted by Crippen LogP contribution is -2.03. The number of carboxylic acid groups (broad SMARTS) is 1. The Labute approximate surface area is 102 Å². The molecule has 0 radical (unpaired) electrons. The number of carbonyl (C=O) groups is 1. The second-order valence-corrected chi connectivity index (χ2v) is 4.21. The number of carboxylic acids is 1. The summed E-state index contributed by atoms with van der Waals surface area (Å²) in [7, 11) is 0. The van der Waals surface area contributed by atoms with Crippen molar-refractivity contribution in [3.8, 4) is 5.75 Å². The van der Waals surface area contributed by atoms with Crippen LogP contribution in [0.15, 0.2) is 24.3 Å². The second-order valence-electron chi connectivity index (χ2n) is 3.46. The van der Waals surface area contributed by atoms with E-state index in [1.54, 1.807) is 0 Å². The molecule has 0 amide bonds. The van der Waals surface area contributed by atoms with Gasteiger partial charge in [0.25, 0.3) is 0 Å². The first-order valence-corrected chi connectivity index (χ1v) is 5.68. The van der Waals surface area contributed by atoms with Gasteiger partial charge < -0.3 is 9.84 Å². The molecule has 0 saturated carbocycles. The predicted molar refractivity (Wildman–Crippen MR) is 62.4 cm³/mol. The van der Waals surface area contributed by atoms with E-state index in [-0.39, 0.29) is 11.5 Å². The monoisotopic (exact) mass is 250 g/mol. The Bertz CT molecular complexity index is 539. The van der Waals surface area contributed by atoms with Gasteiger partial charge in [-0.3, -0.25) is 0 Å². The molecule has 88 valence electrons. The minimum absolute atomic E-state index is 0.113. The number of aryl methyl sites for hydroxylation is 1. The van der Waals surface area contributed by atoms with Crippen LogP contribution in [0.3, 0.4) is 0 Å². The van der Waals surface area contributed by atoms with Crippen LogP contribution in [0.4, 0.5) is 0 Å². The summed E-state index contributed by atoms with van der Waals surface area (Å²) in [6.45, 7) is 2.07. The molecule has 1 aromatic carbocycles. The molecule has 5 nitrogen and oxygen atoms in total. The lowest BCUT2D eigenvalue weighted by Gasteiger charge is -2.04. The van der Waals surface area contributed by atoms with Crippen LogP contribution in [-0.2, 0) is 6.61 Å². The number of nitrogens with zero attached hydrogens (tertiary/aromatic N) is 2. The number of aromatic carboxylic acids is 1. The summed E-state index contributed by atoms with van der Waals surface area (Å²) in [6, 6.07) is 7.52. The zero-order chi connectivity index (χ0) is 12.3. The van der Waals surface area contributed by atoms with Crippen molar-refractivity contribution >= 4 is 17.5 Å². The van der Waals surface area contributed by atoms with Gasteiger partial charge in [-0.25, -0.2) is 4.79 Å². The fourth-order valence-electron chi connectivity index (χ4n) is 1.32. The molecule has 1 aromatic heterocycles. The van der Waals surface area contributed by atoms with Crippen molar-refractivity contribution in [2.75, 3.05) is 0 Å². The van der Waals surface area contributed by atoms with E-state index in [1.807, 2.05) is 31.2 Å². The molecule has 2 aromatic rings. The quantitative estimate of drug-likeness (QED) is 0.899. The first-order chi connectivity index (χ1) is 8.16. The number of benzene rings is 1. The predicted octanol–water partition coefficient (Wildman–Crippen LogP) is 2.12. The van der Waals surface area contributed by atoms with Crippen molar-refractivity contribution < 1.29 is 14.6 Å². The number of rotatable bonds is 4. The van der Waals surface area contributed by atoms with Crippen LogP contribution in [0, 0.1) is 6.92 Å². The Kier molecular flexibility index (Phi) is 3.34. The van der Waals surface area contributed by atoms with Crippen molar-refractivity contribution in [3.63, 3.8) is 0 Å². The molecule has 0 aliphatic heterocycles. The molecule has 0 spiro atoms. The van der Waals surface area contributed by atoms with E-state index in [0.717, 1.165) is 17.1 Å². The van der Waals surface area contributed by atoms with Gasteiger partial charge in [-0.05, 0) is 36.2 Å². The van der Waals surface area contributed by atoms with Crippen LogP contribution < -0.4 is 4.74 Å². The van der Waals surface area contributed by atoms with Gasteiger partial charge in [0.2, 0.25) is 0 Å². The molecule has 0 unspecified atom stereocenters. The Morgan fingerprint density at radius 3 is 3.06 bits per heavy atom. The summed E-state index contributed by atoms with van der Waals surface area (Å²) < 4.78 is 9.07. The van der Waals surface area contributed by atoms with Crippen LogP contribution in [0.5, 0.6) is 5.75 Å². The first-order valence-electron chi connectivity index (χ1n) is 4.91. The standard InChI is InChI=1S/C11H10N2O3S/c1-7-3-2-4-8(5-7)16-6-9-10(11(14)15)17-13-12-9/h2-5H,6H2,1H3,(H,14,15). The average Bonchev–Trinajstić information content (AvgIpc) is 2.74. The molecule has 6 heteroatoms. The Morgan fingerprint density at radius 2 is 2.35 bits per heavy atom. The molecule has 0 atom stereocenters. The van der Waals surface area contributed by atoms with Crippen molar-refractivity contribution in [2.45, 2.75) is 13.5 Å². The molecular weight excluding hydrogens is 240 g/mol. The lowest BCUT2D eigenvalue weighted by atomic mass is 10.2. The average molecular weight is 250 g/mol. The number of hydrogen-bond acceptors (Lipinski definition) is 5. The topological polar surface area (TPSA) is 72.3 Å². The molecule has 0 saturated heterocycles. The van der Waals surface area contributed by atoms with Crippen molar-refractivity contribution in [1.29, 1.82) is 0 Å². The SMILES string of the molecule is Cc1cccc(OCc2nnsc2C(=O)O)c1. The van der Waals surface area contributed by atoms with E-state index >= 15 is 0 Å². The highest BCUT2D eigenvalue weighted by Crippen LogP contribution is 2.16. The van der Waals surface area contributed by atoms with Crippen LogP contribution in [0.25, 0.3) is 0 Å². The molecular formula is C11H10N2O3S. The summed E-state index contributed by atoms with van der Waals surface area (Å²) >= 11 is 0.855. The summed E-state index contributed by atoms with van der Waals surface area (Å²) in [5.41, 5.74) is 1.43. The van der Waals surface area contributed by atoms with E-state index in [4.69, 9.17) is 9.84 Å². The van der Waals surface area contributed by atoms with Crippen molar-refractivity contribution in [3.05, 3.63) is 40.4 Å². The van der Waals surface area contributed by atoms with Gasteiger partial charge in [0.05, 0.1) is 0 Å². The molecule has 0 aliphatic carbocycles. The largest absolute Gasteiger partial charge is 0.487 e. The summed E-state index contributed by atoms with van der Waals surface area (Å²) in [5, 5.41) is 12.6. The highest BCUT2D eigenvalue weighted by Gasteiger charge is 2.15. The molecule has 0 aliphatic rings. The van der Waals surface area contributed by atoms with Crippen LogP contribution in [0.1, 0.15) is 20.9 Å². The minimum atomic E-state index is -1.03. The fraction of sp³-hybridized carbons (Fsp3) is 0.182. The number of ether oxygens (including phenoxy) is 1. The van der Waals surface area contributed by atoms with Crippen LogP contribution in [0.2, 0.25) is 0 Å². The normalized spacial score (nSPS) is 10.2. The van der Waals surface area contributed by atoms with E-state index in [2.05, 4.69) is 9.59 Å². The third-order valence-corrected chi connectivity index (χ3v) is 2.87. The third-order valence-electron chi connectivity index (χ3n) is 2.12. The molecule has 1 N–H and O–H groups in total. The van der Waals surface area contributed by atoms with Gasteiger partial charge in [0.1, 0.15) is 18.1 Å². The summed E-state index contributed by atoms with van der Waals surface area (Å²) in [5.74, 6) is -0.336. The Hall–Kier alpha value is -1.95. The summed E-state index contributed by atoms with van der Waals surface area (Å²) in [4.78, 5) is 10.9. The summed E-state index contributed by atoms with van der Waals surface area (Å²) in [6.07, 6.45) is 0. The van der Waals surface area contributed by atoms with Gasteiger partial charge in [-0.15, -0.1) is 5.10 Å². The molecule has 0 fully saturated rings. The smallest absolute Gasteiger partial charge is 0.349 e. The highest BCUT2D eigenvalue weighted by molar-refractivity contribution is 7.07. The molecule has 17 heavy (non-hydrogen) atoms. The highest BCUT2D eigenvalue weighted by atomic mass is 32.1. The first kappa shape index (κ1) is 11.5. The maximum Gasteiger partial charge on any atom is 0.349 e. The molecule has 1 heterocycles. The lowest BCUT2D eigenvalue weighted by molar-refractivity contribution is 0.0699.